The van der Waals surface area contributed by atoms with Crippen LogP contribution in [0.25, 0.3) is 0 Å². The summed E-state index contributed by atoms with van der Waals surface area (Å²) < 4.78 is 24.5. The molecular formula is C15H17NO4S2. The lowest BCUT2D eigenvalue weighted by atomic mass is 9.86. The van der Waals surface area contributed by atoms with Crippen molar-refractivity contribution < 1.29 is 18.0 Å². The fourth-order valence-corrected chi connectivity index (χ4v) is 5.63. The summed E-state index contributed by atoms with van der Waals surface area (Å²) in [7, 11) is -3.48. The van der Waals surface area contributed by atoms with Crippen molar-refractivity contribution in [3.05, 3.63) is 30.3 Å². The van der Waals surface area contributed by atoms with Crippen molar-refractivity contribution in [2.75, 3.05) is 23.8 Å². The zero-order valence-electron chi connectivity index (χ0n) is 12.0. The molecule has 2 heterocycles. The highest BCUT2D eigenvalue weighted by molar-refractivity contribution is 7.99. The second-order valence-corrected chi connectivity index (χ2v) is 8.96. The Hall–Kier alpha value is -1.34. The van der Waals surface area contributed by atoms with Gasteiger partial charge in [-0.25, -0.2) is 8.42 Å². The van der Waals surface area contributed by atoms with Crippen LogP contribution in [-0.4, -0.2) is 48.9 Å². The van der Waals surface area contributed by atoms with Gasteiger partial charge in [-0.2, -0.15) is 11.8 Å². The molecule has 22 heavy (non-hydrogen) atoms. The van der Waals surface area contributed by atoms with Crippen molar-refractivity contribution in [2.45, 2.75) is 17.7 Å². The Morgan fingerprint density at radius 2 is 1.91 bits per heavy atom. The number of amides is 2. The number of hydrogen-bond donors (Lipinski definition) is 0. The van der Waals surface area contributed by atoms with Gasteiger partial charge in [0.15, 0.2) is 9.84 Å². The van der Waals surface area contributed by atoms with Gasteiger partial charge in [-0.3, -0.25) is 14.5 Å². The van der Waals surface area contributed by atoms with Gasteiger partial charge in [0.05, 0.1) is 16.1 Å². The van der Waals surface area contributed by atoms with Gasteiger partial charge in [0.25, 0.3) is 0 Å². The zero-order valence-corrected chi connectivity index (χ0v) is 13.7. The third-order valence-electron chi connectivity index (χ3n) is 4.28. The predicted molar refractivity (Wildman–Crippen MR) is 84.2 cm³/mol. The minimum Gasteiger partial charge on any atom is -0.281 e. The highest BCUT2D eigenvalue weighted by Gasteiger charge is 2.52. The van der Waals surface area contributed by atoms with Crippen molar-refractivity contribution in [1.82, 2.24) is 4.90 Å². The smallest absolute Gasteiger partial charge is 0.236 e. The predicted octanol–water partition coefficient (Wildman–Crippen LogP) is 1.34. The highest BCUT2D eigenvalue weighted by atomic mass is 32.2. The quantitative estimate of drug-likeness (QED) is 0.774. The summed E-state index contributed by atoms with van der Waals surface area (Å²) in [4.78, 5) is 26.0. The van der Waals surface area contributed by atoms with Gasteiger partial charge in [0, 0.05) is 18.7 Å². The number of carbonyl (C=O) groups excluding carboxylic acids is 2. The van der Waals surface area contributed by atoms with Crippen molar-refractivity contribution in [2.24, 2.45) is 5.41 Å². The molecule has 0 N–H and O–H groups in total. The van der Waals surface area contributed by atoms with Gasteiger partial charge in [0.1, 0.15) is 0 Å². The molecule has 0 saturated carbocycles. The summed E-state index contributed by atoms with van der Waals surface area (Å²) in [5.74, 6) is 0.897. The molecule has 5 nitrogen and oxygen atoms in total. The third-order valence-corrected chi connectivity index (χ3v) is 7.24. The molecule has 2 aliphatic rings. The number of carbonyl (C=O) groups is 2. The van der Waals surface area contributed by atoms with Crippen LogP contribution in [0.5, 0.6) is 0 Å². The lowest BCUT2D eigenvalue weighted by Gasteiger charge is -2.20. The van der Waals surface area contributed by atoms with Crippen LogP contribution in [0, 0.1) is 5.41 Å². The molecule has 2 aliphatic heterocycles. The molecular weight excluding hydrogens is 322 g/mol. The first kappa shape index (κ1) is 15.6. The monoisotopic (exact) mass is 339 g/mol. The topological polar surface area (TPSA) is 71.5 Å². The van der Waals surface area contributed by atoms with E-state index in [2.05, 4.69) is 0 Å². The molecule has 118 valence electrons. The van der Waals surface area contributed by atoms with E-state index in [1.807, 2.05) is 0 Å². The van der Waals surface area contributed by atoms with Gasteiger partial charge in [-0.1, -0.05) is 18.2 Å². The van der Waals surface area contributed by atoms with Gasteiger partial charge in [-0.05, 0) is 24.3 Å². The lowest BCUT2D eigenvalue weighted by molar-refractivity contribution is -0.140. The molecule has 3 rings (SSSR count). The fraction of sp³-hybridized carbons (Fsp3) is 0.467. The summed E-state index contributed by atoms with van der Waals surface area (Å²) in [6.07, 6.45) is 0.939. The minimum atomic E-state index is -3.48. The lowest BCUT2D eigenvalue weighted by Crippen LogP contribution is -2.38. The molecule has 0 unspecified atom stereocenters. The van der Waals surface area contributed by atoms with E-state index in [1.54, 1.807) is 30.0 Å². The van der Waals surface area contributed by atoms with Crippen LogP contribution in [0.2, 0.25) is 0 Å². The summed E-state index contributed by atoms with van der Waals surface area (Å²) in [6.45, 7) is -0.0543. The Morgan fingerprint density at radius 3 is 2.55 bits per heavy atom. The van der Waals surface area contributed by atoms with E-state index in [0.29, 0.717) is 12.2 Å². The van der Waals surface area contributed by atoms with E-state index in [1.165, 1.54) is 12.1 Å². The summed E-state index contributed by atoms with van der Waals surface area (Å²) in [6, 6.07) is 8.11. The molecule has 1 atom stereocenters. The number of thioether (sulfide) groups is 1. The number of rotatable bonds is 4. The molecule has 1 spiro atoms. The Balaban J connectivity index is 1.72. The first-order valence-corrected chi connectivity index (χ1v) is 9.96. The molecule has 2 fully saturated rings. The van der Waals surface area contributed by atoms with Crippen LogP contribution >= 0.6 is 11.8 Å². The standard InChI is InChI=1S/C15H17NO4S2/c17-13-10-15(6-8-21-11-15)14(18)16(13)7-9-22(19,20)12-4-2-1-3-5-12/h1-5H,6-11H2/t15-/m0/s1. The number of likely N-dealkylation sites (tertiary alicyclic amines) is 1. The van der Waals surface area contributed by atoms with Crippen LogP contribution in [-0.2, 0) is 19.4 Å². The molecule has 0 radical (unpaired) electrons. The number of hydrogen-bond acceptors (Lipinski definition) is 5. The van der Waals surface area contributed by atoms with Gasteiger partial charge in [0.2, 0.25) is 11.8 Å². The van der Waals surface area contributed by atoms with Crippen LogP contribution in [0.4, 0.5) is 0 Å². The van der Waals surface area contributed by atoms with Crippen LogP contribution in [0.15, 0.2) is 35.2 Å². The SMILES string of the molecule is O=C1C[C@]2(CCSC2)C(=O)N1CCS(=O)(=O)c1ccccc1. The number of nitrogens with zero attached hydrogens (tertiary/aromatic N) is 1. The van der Waals surface area contributed by atoms with Crippen molar-refractivity contribution in [3.8, 4) is 0 Å². The van der Waals surface area contributed by atoms with E-state index >= 15 is 0 Å². The first-order valence-electron chi connectivity index (χ1n) is 7.15. The summed E-state index contributed by atoms with van der Waals surface area (Å²) in [5, 5.41) is 0. The molecule has 7 heteroatoms. The van der Waals surface area contributed by atoms with Crippen molar-refractivity contribution in [3.63, 3.8) is 0 Å². The van der Waals surface area contributed by atoms with Crippen molar-refractivity contribution in [1.29, 1.82) is 0 Å². The Kier molecular flexibility index (Phi) is 4.03. The number of imide groups is 1. The van der Waals surface area contributed by atoms with E-state index < -0.39 is 15.3 Å². The molecule has 1 aromatic rings. The van der Waals surface area contributed by atoms with Gasteiger partial charge >= 0.3 is 0 Å². The van der Waals surface area contributed by atoms with Crippen LogP contribution < -0.4 is 0 Å². The first-order chi connectivity index (χ1) is 10.4. The van der Waals surface area contributed by atoms with Crippen molar-refractivity contribution >= 4 is 33.4 Å². The highest BCUT2D eigenvalue weighted by Crippen LogP contribution is 2.44. The third kappa shape index (κ3) is 2.67. The maximum atomic E-state index is 12.5. The van der Waals surface area contributed by atoms with Crippen LogP contribution in [0.1, 0.15) is 12.8 Å². The molecule has 0 aromatic heterocycles. The Bertz CT molecular complexity index is 694. The summed E-state index contributed by atoms with van der Waals surface area (Å²) in [5.41, 5.74) is -0.571. The molecule has 1 aromatic carbocycles. The fourth-order valence-electron chi connectivity index (χ4n) is 2.96. The number of sulfone groups is 1. The van der Waals surface area contributed by atoms with E-state index in [9.17, 15) is 18.0 Å². The molecule has 0 bridgehead atoms. The van der Waals surface area contributed by atoms with Gasteiger partial charge < -0.3 is 0 Å². The average Bonchev–Trinajstić information content (AvgIpc) is 3.05. The maximum Gasteiger partial charge on any atom is 0.236 e. The average molecular weight is 339 g/mol. The van der Waals surface area contributed by atoms with E-state index in [-0.39, 0.29) is 35.4 Å². The zero-order chi connectivity index (χ0) is 15.8. The minimum absolute atomic E-state index is 0.0543. The second-order valence-electron chi connectivity index (χ2n) is 5.74. The largest absolute Gasteiger partial charge is 0.281 e. The molecule has 2 saturated heterocycles. The maximum absolute atomic E-state index is 12.5. The second kappa shape index (κ2) is 5.70. The van der Waals surface area contributed by atoms with Crippen LogP contribution in [0.3, 0.4) is 0 Å². The van der Waals surface area contributed by atoms with Gasteiger partial charge in [-0.15, -0.1) is 0 Å². The Morgan fingerprint density at radius 1 is 1.18 bits per heavy atom. The number of benzene rings is 1. The van der Waals surface area contributed by atoms with E-state index in [0.717, 1.165) is 10.7 Å². The normalized spacial score (nSPS) is 25.4. The molecule has 0 aliphatic carbocycles. The Labute approximate surface area is 134 Å². The molecule has 2 amide bonds. The summed E-state index contributed by atoms with van der Waals surface area (Å²) >= 11 is 1.68. The van der Waals surface area contributed by atoms with E-state index in [4.69, 9.17) is 0 Å².